The van der Waals surface area contributed by atoms with Crippen LogP contribution < -0.4 is 0 Å². The molecule has 0 bridgehead atoms. The lowest BCUT2D eigenvalue weighted by molar-refractivity contribution is 0.0692. The molecule has 3 aromatic rings. The molecule has 0 atom stereocenters. The number of rotatable bonds is 4. The van der Waals surface area contributed by atoms with Crippen molar-refractivity contribution in [3.8, 4) is 11.1 Å². The maximum absolute atomic E-state index is 13.1. The van der Waals surface area contributed by atoms with E-state index in [0.29, 0.717) is 11.1 Å². The van der Waals surface area contributed by atoms with E-state index in [0.717, 1.165) is 29.3 Å². The molecule has 3 nitrogen and oxygen atoms in total. The van der Waals surface area contributed by atoms with Crippen LogP contribution in [0.15, 0.2) is 42.5 Å². The number of H-pyrrole nitrogens is 1. The summed E-state index contributed by atoms with van der Waals surface area (Å²) in [6.07, 6.45) is 1.85. The first-order valence-electron chi connectivity index (χ1n) is 7.24. The van der Waals surface area contributed by atoms with Gasteiger partial charge >= 0.3 is 5.97 Å². The fourth-order valence-corrected chi connectivity index (χ4v) is 2.83. The molecule has 0 unspecified atom stereocenters. The number of carboxylic acid groups (broad SMARTS) is 1. The number of hydrogen-bond acceptors (Lipinski definition) is 1. The Morgan fingerprint density at radius 1 is 1.18 bits per heavy atom. The highest BCUT2D eigenvalue weighted by Gasteiger charge is 2.19. The number of nitrogens with one attached hydrogen (secondary N) is 1. The second kappa shape index (κ2) is 5.64. The lowest BCUT2D eigenvalue weighted by Gasteiger charge is -2.03. The van der Waals surface area contributed by atoms with Crippen LogP contribution in [0.5, 0.6) is 0 Å². The summed E-state index contributed by atoms with van der Waals surface area (Å²) in [6.45, 7) is 2.08. The van der Waals surface area contributed by atoms with E-state index in [1.54, 1.807) is 12.1 Å². The van der Waals surface area contributed by atoms with Crippen LogP contribution in [0, 0.1) is 5.82 Å². The lowest BCUT2D eigenvalue weighted by Crippen LogP contribution is -1.98. The molecule has 0 amide bonds. The molecule has 2 N–H and O–H groups in total. The van der Waals surface area contributed by atoms with Gasteiger partial charge in [0.15, 0.2) is 0 Å². The van der Waals surface area contributed by atoms with E-state index in [4.69, 9.17) is 0 Å². The molecular formula is C18H16FNO2. The van der Waals surface area contributed by atoms with Crippen LogP contribution in [0.4, 0.5) is 4.39 Å². The number of hydrogen-bond donors (Lipinski definition) is 2. The summed E-state index contributed by atoms with van der Waals surface area (Å²) in [5, 5.41) is 10.4. The standard InChI is InChI=1S/C18H16FNO2/c1-2-4-12-5-3-6-14-15(11-7-9-13(19)10-8-11)17(18(21)22)20-16(12)14/h3,5-10,20H,2,4H2,1H3,(H,21,22). The van der Waals surface area contributed by atoms with Gasteiger partial charge in [-0.15, -0.1) is 0 Å². The van der Waals surface area contributed by atoms with Crippen LogP contribution in [0.2, 0.25) is 0 Å². The first kappa shape index (κ1) is 14.3. The van der Waals surface area contributed by atoms with Crippen molar-refractivity contribution in [2.45, 2.75) is 19.8 Å². The number of aromatic amines is 1. The molecule has 0 fully saturated rings. The Balaban J connectivity index is 2.31. The molecule has 0 aliphatic heterocycles. The van der Waals surface area contributed by atoms with E-state index < -0.39 is 5.97 Å². The fourth-order valence-electron chi connectivity index (χ4n) is 2.83. The molecule has 3 rings (SSSR count). The van der Waals surface area contributed by atoms with Gasteiger partial charge < -0.3 is 10.1 Å². The van der Waals surface area contributed by atoms with Gasteiger partial charge in [-0.3, -0.25) is 0 Å². The van der Waals surface area contributed by atoms with Gasteiger partial charge in [0.05, 0.1) is 0 Å². The van der Waals surface area contributed by atoms with E-state index >= 15 is 0 Å². The monoisotopic (exact) mass is 297 g/mol. The molecular weight excluding hydrogens is 281 g/mol. The number of benzene rings is 2. The van der Waals surface area contributed by atoms with Gasteiger partial charge in [0.1, 0.15) is 11.5 Å². The van der Waals surface area contributed by atoms with Crippen LogP contribution in [-0.2, 0) is 6.42 Å². The van der Waals surface area contributed by atoms with Crippen LogP contribution >= 0.6 is 0 Å². The first-order valence-corrected chi connectivity index (χ1v) is 7.24. The second-order valence-corrected chi connectivity index (χ2v) is 5.28. The third-order valence-corrected chi connectivity index (χ3v) is 3.79. The van der Waals surface area contributed by atoms with Crippen molar-refractivity contribution < 1.29 is 14.3 Å². The zero-order valence-corrected chi connectivity index (χ0v) is 12.2. The van der Waals surface area contributed by atoms with Crippen molar-refractivity contribution >= 4 is 16.9 Å². The molecule has 1 aromatic heterocycles. The maximum Gasteiger partial charge on any atom is 0.352 e. The third kappa shape index (κ3) is 2.37. The van der Waals surface area contributed by atoms with Crippen molar-refractivity contribution in [1.82, 2.24) is 4.98 Å². The van der Waals surface area contributed by atoms with Crippen LogP contribution in [0.1, 0.15) is 29.4 Å². The summed E-state index contributed by atoms with van der Waals surface area (Å²) >= 11 is 0. The average Bonchev–Trinajstić information content (AvgIpc) is 2.89. The van der Waals surface area contributed by atoms with Gasteiger partial charge in [-0.2, -0.15) is 0 Å². The Morgan fingerprint density at radius 2 is 1.91 bits per heavy atom. The largest absolute Gasteiger partial charge is 0.477 e. The predicted molar refractivity (Wildman–Crippen MR) is 84.6 cm³/mol. The smallest absolute Gasteiger partial charge is 0.352 e. The van der Waals surface area contributed by atoms with Crippen molar-refractivity contribution in [2.24, 2.45) is 0 Å². The molecule has 0 aliphatic rings. The molecule has 2 aromatic carbocycles. The van der Waals surface area contributed by atoms with Gasteiger partial charge in [0.2, 0.25) is 0 Å². The Labute approximate surface area is 127 Å². The average molecular weight is 297 g/mol. The van der Waals surface area contributed by atoms with E-state index in [1.165, 1.54) is 12.1 Å². The van der Waals surface area contributed by atoms with Crippen molar-refractivity contribution in [1.29, 1.82) is 0 Å². The van der Waals surface area contributed by atoms with Crippen LogP contribution in [0.25, 0.3) is 22.0 Å². The van der Waals surface area contributed by atoms with Gasteiger partial charge in [-0.05, 0) is 29.7 Å². The molecule has 1 heterocycles. The maximum atomic E-state index is 13.1. The molecule has 4 heteroatoms. The Bertz CT molecular complexity index is 834. The van der Waals surface area contributed by atoms with Gasteiger partial charge in [0, 0.05) is 16.5 Å². The highest BCUT2D eigenvalue weighted by Crippen LogP contribution is 2.34. The second-order valence-electron chi connectivity index (χ2n) is 5.28. The van der Waals surface area contributed by atoms with Crippen molar-refractivity contribution in [2.75, 3.05) is 0 Å². The Hall–Kier alpha value is -2.62. The van der Waals surface area contributed by atoms with Crippen LogP contribution in [0.3, 0.4) is 0 Å². The number of carboxylic acids is 1. The van der Waals surface area contributed by atoms with E-state index in [2.05, 4.69) is 11.9 Å². The topological polar surface area (TPSA) is 53.1 Å². The highest BCUT2D eigenvalue weighted by atomic mass is 19.1. The quantitative estimate of drug-likeness (QED) is 0.738. The summed E-state index contributed by atoms with van der Waals surface area (Å²) in [4.78, 5) is 14.6. The van der Waals surface area contributed by atoms with Crippen molar-refractivity contribution in [3.05, 3.63) is 59.5 Å². The number of aromatic nitrogens is 1. The number of fused-ring (bicyclic) bond motifs is 1. The van der Waals surface area contributed by atoms with Crippen LogP contribution in [-0.4, -0.2) is 16.1 Å². The van der Waals surface area contributed by atoms with E-state index in [1.807, 2.05) is 18.2 Å². The molecule has 0 saturated carbocycles. The Morgan fingerprint density at radius 3 is 2.55 bits per heavy atom. The number of halogens is 1. The summed E-state index contributed by atoms with van der Waals surface area (Å²) < 4.78 is 13.1. The molecule has 0 saturated heterocycles. The number of aryl methyl sites for hydroxylation is 1. The van der Waals surface area contributed by atoms with Gasteiger partial charge in [-0.25, -0.2) is 9.18 Å². The van der Waals surface area contributed by atoms with Gasteiger partial charge in [-0.1, -0.05) is 43.7 Å². The van der Waals surface area contributed by atoms with E-state index in [-0.39, 0.29) is 11.5 Å². The molecule has 0 aliphatic carbocycles. The summed E-state index contributed by atoms with van der Waals surface area (Å²) in [7, 11) is 0. The summed E-state index contributed by atoms with van der Waals surface area (Å²) in [5.74, 6) is -1.36. The van der Waals surface area contributed by atoms with E-state index in [9.17, 15) is 14.3 Å². The zero-order valence-electron chi connectivity index (χ0n) is 12.2. The minimum absolute atomic E-state index is 0.144. The minimum atomic E-state index is -1.02. The van der Waals surface area contributed by atoms with Crippen molar-refractivity contribution in [3.63, 3.8) is 0 Å². The third-order valence-electron chi connectivity index (χ3n) is 3.79. The number of para-hydroxylation sites is 1. The molecule has 112 valence electrons. The normalized spacial score (nSPS) is 11.0. The lowest BCUT2D eigenvalue weighted by atomic mass is 9.99. The highest BCUT2D eigenvalue weighted by molar-refractivity contribution is 6.08. The SMILES string of the molecule is CCCc1cccc2c(-c3ccc(F)cc3)c(C(=O)O)[nH]c12. The summed E-state index contributed by atoms with van der Waals surface area (Å²) in [5.41, 5.74) is 3.39. The summed E-state index contributed by atoms with van der Waals surface area (Å²) in [6, 6.07) is 11.7. The van der Waals surface area contributed by atoms with Gasteiger partial charge in [0.25, 0.3) is 0 Å². The molecule has 22 heavy (non-hydrogen) atoms. The molecule has 0 spiro atoms. The number of aromatic carboxylic acids is 1. The number of carbonyl (C=O) groups is 1. The molecule has 0 radical (unpaired) electrons. The Kier molecular flexibility index (Phi) is 3.67. The fraction of sp³-hybridized carbons (Fsp3) is 0.167. The minimum Gasteiger partial charge on any atom is -0.477 e. The zero-order chi connectivity index (χ0) is 15.7. The predicted octanol–water partition coefficient (Wildman–Crippen LogP) is 4.62. The first-order chi connectivity index (χ1) is 10.6.